The number of cyclic esters (lactones) is 1. The van der Waals surface area contributed by atoms with Gasteiger partial charge >= 0.3 is 5.97 Å². The summed E-state index contributed by atoms with van der Waals surface area (Å²) in [6.45, 7) is 7.96. The number of nitrogens with zero attached hydrogens (tertiary/aromatic N) is 1. The molecule has 20 heteroatoms. The topological polar surface area (TPSA) is 277 Å². The van der Waals surface area contributed by atoms with Crippen LogP contribution in [0.25, 0.3) is 22.2 Å². The number of benzene rings is 2. The van der Waals surface area contributed by atoms with E-state index < -0.39 is 71.7 Å². The molecule has 82 heavy (non-hydrogen) atoms. The lowest BCUT2D eigenvalue weighted by Gasteiger charge is -2.34. The Balaban J connectivity index is 0.862. The van der Waals surface area contributed by atoms with Crippen LogP contribution in [0.2, 0.25) is 0 Å². The number of hydrogen-bond acceptors (Lipinski definition) is 14. The van der Waals surface area contributed by atoms with Crippen LogP contribution in [0.3, 0.4) is 0 Å². The maximum Gasteiger partial charge on any atom is 0.343 e. The van der Waals surface area contributed by atoms with Gasteiger partial charge in [-0.2, -0.15) is 0 Å². The van der Waals surface area contributed by atoms with Crippen molar-refractivity contribution in [2.24, 2.45) is 5.92 Å². The van der Waals surface area contributed by atoms with Crippen LogP contribution in [0.15, 0.2) is 95.5 Å². The third-order valence-corrected chi connectivity index (χ3v) is 15.6. The van der Waals surface area contributed by atoms with E-state index in [-0.39, 0.29) is 73.8 Å². The van der Waals surface area contributed by atoms with Gasteiger partial charge in [-0.15, -0.1) is 0 Å². The number of carbonyl (C=O) groups is 8. The van der Waals surface area contributed by atoms with Crippen molar-refractivity contribution in [2.75, 3.05) is 26.4 Å². The minimum Gasteiger partial charge on any atom is -0.458 e. The van der Waals surface area contributed by atoms with Gasteiger partial charge in [-0.3, -0.25) is 38.4 Å². The van der Waals surface area contributed by atoms with Crippen LogP contribution in [0.1, 0.15) is 123 Å². The highest BCUT2D eigenvalue weighted by atomic mass is 19.1. The number of halogens is 1. The van der Waals surface area contributed by atoms with E-state index in [0.717, 1.165) is 40.5 Å². The summed E-state index contributed by atoms with van der Waals surface area (Å²) in [5.74, 6) is -4.23. The number of aromatic nitrogens is 1. The first-order chi connectivity index (χ1) is 39.4. The van der Waals surface area contributed by atoms with E-state index in [1.165, 1.54) is 30.4 Å². The summed E-state index contributed by atoms with van der Waals surface area (Å²) in [6, 6.07) is 13.4. The third kappa shape index (κ3) is 14.6. The van der Waals surface area contributed by atoms with Gasteiger partial charge in [0.25, 0.3) is 0 Å². The maximum absolute atomic E-state index is 15.7. The highest BCUT2D eigenvalue weighted by molar-refractivity contribution is 6.17. The zero-order chi connectivity index (χ0) is 58.7. The standard InChI is InChI=1S/C62H70FN7O12/c1-5-42-57-47(22-21-43-35(3)46(63)29-48(58(43)57)70-59(42)40-19-23-51(73)44-33-81-61(79)62(80,6-2)45(44)28-40)68-36(4)52(26-38-17-18-38)82-34-67-55(76)31-66-60(78)49(25-37-13-9-7-10-14-37)69-56(77)32-65-54(75)30-64-53(74)16-12-8-11-15-39-27-41(71)20-24-50(39)72/h7,9-10,13-14,19-20,23-24,27-29,38,47,49,52,68,80H,4-6,8,11-12,15-18,21-22,25-26,30-34H2,1-3H3,(H,64,74)(H,65,75)(H,66,78)(H,67,76)(H,69,77)/t47-,49-,52-,62-/m0/s1. The van der Waals surface area contributed by atoms with Crippen LogP contribution < -0.4 is 37.3 Å². The van der Waals surface area contributed by atoms with Gasteiger partial charge < -0.3 is 46.5 Å². The lowest BCUT2D eigenvalue weighted by atomic mass is 9.80. The molecule has 0 spiro atoms. The third-order valence-electron chi connectivity index (χ3n) is 15.6. The van der Waals surface area contributed by atoms with Crippen molar-refractivity contribution in [1.29, 1.82) is 0 Å². The Hall–Kier alpha value is -8.23. The SMILES string of the molecule is C=C(N[C@H]1CCc2c(C)c(F)cc3nc(-c4ccc(=O)c5c(c4)[C@@](O)(CC)C(=O)OC5)c(CC)c1c23)[C@H](CC1CC1)OCNC(=O)CNC(=O)[C@H](Cc1ccccc1)NC(=O)CNC(=O)CNC(=O)CCCCCC1=CC(=O)C=CC1=O. The number of aryl methyl sites for hydroxylation is 1. The van der Waals surface area contributed by atoms with Crippen molar-refractivity contribution in [1.82, 2.24) is 36.9 Å². The first-order valence-corrected chi connectivity index (χ1v) is 28.0. The van der Waals surface area contributed by atoms with Gasteiger partial charge in [0.05, 0.1) is 43.0 Å². The fourth-order valence-electron chi connectivity index (χ4n) is 10.8. The molecule has 4 aromatic rings. The summed E-state index contributed by atoms with van der Waals surface area (Å²) in [5.41, 5.74) is 3.96. The van der Waals surface area contributed by atoms with Crippen molar-refractivity contribution in [3.8, 4) is 11.3 Å². The molecule has 4 atom stereocenters. The van der Waals surface area contributed by atoms with Gasteiger partial charge in [-0.05, 0) is 128 Å². The molecule has 4 aliphatic rings. The van der Waals surface area contributed by atoms with Crippen LogP contribution >= 0.6 is 0 Å². The molecule has 0 bridgehead atoms. The van der Waals surface area contributed by atoms with Gasteiger partial charge in [-0.25, -0.2) is 14.2 Å². The van der Waals surface area contributed by atoms with Crippen LogP contribution in [0, 0.1) is 18.7 Å². The number of esters is 1. The van der Waals surface area contributed by atoms with Gasteiger partial charge in [0.1, 0.15) is 25.2 Å². The fourth-order valence-corrected chi connectivity index (χ4v) is 10.8. The number of amides is 5. The van der Waals surface area contributed by atoms with E-state index >= 15 is 4.39 Å². The molecule has 3 aliphatic carbocycles. The molecular weight excluding hydrogens is 1050 g/mol. The second-order valence-electron chi connectivity index (χ2n) is 21.3. The smallest absolute Gasteiger partial charge is 0.343 e. The highest BCUT2D eigenvalue weighted by Gasteiger charge is 2.44. The molecule has 3 aromatic carbocycles. The monoisotopic (exact) mass is 1120 g/mol. The zero-order valence-corrected chi connectivity index (χ0v) is 46.4. The quantitative estimate of drug-likeness (QED) is 0.0181. The molecule has 7 N–H and O–H groups in total. The second-order valence-corrected chi connectivity index (χ2v) is 21.3. The van der Waals surface area contributed by atoms with E-state index in [0.29, 0.717) is 90.9 Å². The molecule has 8 rings (SSSR count). The summed E-state index contributed by atoms with van der Waals surface area (Å²) < 4.78 is 27.3. The predicted molar refractivity (Wildman–Crippen MR) is 301 cm³/mol. The zero-order valence-electron chi connectivity index (χ0n) is 46.4. The normalized spacial score (nSPS) is 17.8. The molecule has 5 amide bonds. The Morgan fingerprint density at radius 1 is 0.866 bits per heavy atom. The molecule has 1 aromatic heterocycles. The number of unbranched alkanes of at least 4 members (excludes halogenated alkanes) is 2. The molecule has 1 fully saturated rings. The predicted octanol–water partition coefficient (Wildman–Crippen LogP) is 4.94. The lowest BCUT2D eigenvalue weighted by molar-refractivity contribution is -0.172. The minimum atomic E-state index is -2.06. The van der Waals surface area contributed by atoms with Gasteiger partial charge in [0.2, 0.25) is 29.5 Å². The summed E-state index contributed by atoms with van der Waals surface area (Å²) in [6.07, 6.45) is 9.74. The number of pyridine rings is 1. The van der Waals surface area contributed by atoms with Crippen molar-refractivity contribution in [3.05, 3.63) is 146 Å². The average Bonchev–Trinajstić information content (AvgIpc) is 1.99. The average molecular weight is 1120 g/mol. The van der Waals surface area contributed by atoms with E-state index in [1.54, 1.807) is 56.3 Å². The fraction of sp³-hybridized carbons (Fsp3) is 0.419. The summed E-state index contributed by atoms with van der Waals surface area (Å²) in [5, 5.41) is 29.0. The Morgan fingerprint density at radius 2 is 1.60 bits per heavy atom. The Morgan fingerprint density at radius 3 is 2.34 bits per heavy atom. The van der Waals surface area contributed by atoms with Crippen LogP contribution in [-0.4, -0.2) is 95.7 Å². The molecule has 1 saturated carbocycles. The van der Waals surface area contributed by atoms with Gasteiger partial charge in [-0.1, -0.05) is 70.0 Å². The Bertz CT molecular complexity index is 3320. The Labute approximate surface area is 474 Å². The van der Waals surface area contributed by atoms with E-state index in [1.807, 2.05) is 6.92 Å². The number of allylic oxidation sites excluding steroid dienone is 4. The first-order valence-electron chi connectivity index (χ1n) is 28.0. The lowest BCUT2D eigenvalue weighted by Crippen LogP contribution is -2.52. The number of ether oxygens (including phenoxy) is 2. The summed E-state index contributed by atoms with van der Waals surface area (Å²) in [7, 11) is 0. The van der Waals surface area contributed by atoms with Gasteiger partial charge in [0.15, 0.2) is 22.6 Å². The molecule has 2 heterocycles. The number of hydrogen-bond donors (Lipinski definition) is 7. The van der Waals surface area contributed by atoms with Crippen molar-refractivity contribution in [2.45, 2.75) is 135 Å². The maximum atomic E-state index is 15.7. The van der Waals surface area contributed by atoms with E-state index in [2.05, 4.69) is 38.5 Å². The van der Waals surface area contributed by atoms with Crippen LogP contribution in [-0.2, 0) is 79.3 Å². The van der Waals surface area contributed by atoms with Crippen molar-refractivity contribution in [3.63, 3.8) is 0 Å². The molecule has 19 nitrogen and oxygen atoms in total. The molecule has 0 unspecified atom stereocenters. The number of fused-ring (bicyclic) bond motifs is 1. The largest absolute Gasteiger partial charge is 0.458 e. The number of carbonyl (C=O) groups excluding carboxylic acids is 8. The van der Waals surface area contributed by atoms with Crippen molar-refractivity contribution < 1.29 is 57.3 Å². The second kappa shape index (κ2) is 27.0. The highest BCUT2D eigenvalue weighted by Crippen LogP contribution is 2.44. The summed E-state index contributed by atoms with van der Waals surface area (Å²) >= 11 is 0. The Kier molecular flexibility index (Phi) is 19.7. The van der Waals surface area contributed by atoms with E-state index in [4.69, 9.17) is 14.5 Å². The van der Waals surface area contributed by atoms with Crippen molar-refractivity contribution >= 4 is 58.0 Å². The number of nitrogens with one attached hydrogen (secondary N) is 6. The van der Waals surface area contributed by atoms with Gasteiger partial charge in [0, 0.05) is 52.3 Å². The molecule has 1 aliphatic heterocycles. The first kappa shape index (κ1) is 59.9. The number of ketones is 2. The molecule has 0 saturated heterocycles. The van der Waals surface area contributed by atoms with E-state index in [9.17, 15) is 48.3 Å². The minimum absolute atomic E-state index is 0.0404. The molecule has 0 radical (unpaired) electrons. The molecular formula is C62H70FN7O12. The van der Waals surface area contributed by atoms with Crippen LogP contribution in [0.4, 0.5) is 4.39 Å². The van der Waals surface area contributed by atoms with Crippen LogP contribution in [0.5, 0.6) is 0 Å². The molecule has 432 valence electrons. The number of aliphatic hydroxyl groups is 1. The summed E-state index contributed by atoms with van der Waals surface area (Å²) in [4.78, 5) is 120. The number of rotatable bonds is 27.